The third-order valence-corrected chi connectivity index (χ3v) is 3.67. The third kappa shape index (κ3) is 3.30. The average molecular weight is 289 g/mol. The summed E-state index contributed by atoms with van der Waals surface area (Å²) in [5.74, 6) is 1.72. The van der Waals surface area contributed by atoms with Crippen LogP contribution in [-0.2, 0) is 11.3 Å². The van der Waals surface area contributed by atoms with E-state index in [-0.39, 0.29) is 16.7 Å². The minimum atomic E-state index is -0.155. The lowest BCUT2D eigenvalue weighted by molar-refractivity contribution is -0.130. The molecule has 90 valence electrons. The first-order chi connectivity index (χ1) is 7.41. The van der Waals surface area contributed by atoms with Crippen molar-refractivity contribution < 1.29 is 4.79 Å². The first kappa shape index (κ1) is 13.2. The number of carbonyl (C=O) groups is 1. The van der Waals surface area contributed by atoms with Crippen molar-refractivity contribution in [1.82, 2.24) is 20.1 Å². The summed E-state index contributed by atoms with van der Waals surface area (Å²) in [6.45, 7) is 6.27. The molecule has 0 saturated carbocycles. The summed E-state index contributed by atoms with van der Waals surface area (Å²) in [5.41, 5.74) is 0. The van der Waals surface area contributed by atoms with Gasteiger partial charge in [0.2, 0.25) is 5.91 Å². The monoisotopic (exact) mass is 288 g/mol. The van der Waals surface area contributed by atoms with Crippen LogP contribution in [0.1, 0.15) is 25.5 Å². The van der Waals surface area contributed by atoms with Crippen LogP contribution < -0.4 is 0 Å². The second kappa shape index (κ2) is 5.43. The largest absolute Gasteiger partial charge is 0.337 e. The Morgan fingerprint density at radius 1 is 1.56 bits per heavy atom. The fourth-order valence-electron chi connectivity index (χ4n) is 1.25. The topological polar surface area (TPSA) is 61.9 Å². The molecule has 5 nitrogen and oxygen atoms in total. The van der Waals surface area contributed by atoms with E-state index in [1.807, 2.05) is 20.8 Å². The number of aromatic amines is 1. The highest BCUT2D eigenvalue weighted by atomic mass is 79.9. The normalized spacial score (nSPS) is 12.9. The number of nitrogens with one attached hydrogen (secondary N) is 1. The molecule has 1 atom stereocenters. The van der Waals surface area contributed by atoms with Gasteiger partial charge >= 0.3 is 0 Å². The van der Waals surface area contributed by atoms with E-state index >= 15 is 0 Å². The summed E-state index contributed by atoms with van der Waals surface area (Å²) in [6, 6.07) is 0. The molecular formula is C10H17BrN4O. The first-order valence-electron chi connectivity index (χ1n) is 5.18. The average Bonchev–Trinajstić information content (AvgIpc) is 2.61. The summed E-state index contributed by atoms with van der Waals surface area (Å²) in [6.07, 6.45) is 0. The van der Waals surface area contributed by atoms with Crippen molar-refractivity contribution in [3.05, 3.63) is 11.6 Å². The second-order valence-corrected chi connectivity index (χ2v) is 5.16. The highest BCUT2D eigenvalue weighted by Gasteiger charge is 2.22. The number of H-pyrrole nitrogens is 1. The van der Waals surface area contributed by atoms with Gasteiger partial charge in [0.1, 0.15) is 5.82 Å². The van der Waals surface area contributed by atoms with E-state index in [2.05, 4.69) is 31.1 Å². The van der Waals surface area contributed by atoms with E-state index < -0.39 is 0 Å². The molecule has 1 unspecified atom stereocenters. The van der Waals surface area contributed by atoms with Crippen molar-refractivity contribution in [2.24, 2.45) is 5.92 Å². The zero-order valence-corrected chi connectivity index (χ0v) is 11.6. The predicted octanol–water partition coefficient (Wildman–Crippen LogP) is 1.49. The second-order valence-electron chi connectivity index (χ2n) is 4.18. The summed E-state index contributed by atoms with van der Waals surface area (Å²) < 4.78 is 0. The van der Waals surface area contributed by atoms with E-state index in [1.165, 1.54) is 0 Å². The van der Waals surface area contributed by atoms with Crippen LogP contribution in [0.2, 0.25) is 0 Å². The fourth-order valence-corrected chi connectivity index (χ4v) is 1.60. The van der Waals surface area contributed by atoms with Gasteiger partial charge in [0.05, 0.1) is 11.4 Å². The maximum atomic E-state index is 11.9. The molecule has 1 amide bonds. The van der Waals surface area contributed by atoms with Crippen molar-refractivity contribution in [1.29, 1.82) is 0 Å². The Labute approximate surface area is 104 Å². The summed E-state index contributed by atoms with van der Waals surface area (Å²) in [5, 5.41) is 6.75. The highest BCUT2D eigenvalue weighted by Crippen LogP contribution is 2.15. The smallest absolute Gasteiger partial charge is 0.236 e. The molecule has 0 aromatic carbocycles. The van der Waals surface area contributed by atoms with E-state index in [9.17, 15) is 4.79 Å². The Balaban J connectivity index is 2.58. The van der Waals surface area contributed by atoms with Crippen molar-refractivity contribution in [3.63, 3.8) is 0 Å². The van der Waals surface area contributed by atoms with Crippen molar-refractivity contribution >= 4 is 21.8 Å². The van der Waals surface area contributed by atoms with E-state index in [0.717, 1.165) is 5.82 Å². The number of carbonyl (C=O) groups excluding carboxylic acids is 1. The van der Waals surface area contributed by atoms with Gasteiger partial charge in [-0.05, 0) is 12.8 Å². The quantitative estimate of drug-likeness (QED) is 0.854. The van der Waals surface area contributed by atoms with E-state index in [1.54, 1.807) is 11.9 Å². The predicted molar refractivity (Wildman–Crippen MR) is 65.1 cm³/mol. The number of nitrogens with zero attached hydrogens (tertiary/aromatic N) is 3. The fraction of sp³-hybridized carbons (Fsp3) is 0.700. The molecule has 0 saturated heterocycles. The van der Waals surface area contributed by atoms with Gasteiger partial charge < -0.3 is 4.90 Å². The lowest BCUT2D eigenvalue weighted by Gasteiger charge is -2.21. The summed E-state index contributed by atoms with van der Waals surface area (Å²) >= 11 is 3.39. The van der Waals surface area contributed by atoms with Gasteiger partial charge in [0.15, 0.2) is 5.82 Å². The minimum Gasteiger partial charge on any atom is -0.337 e. The molecule has 16 heavy (non-hydrogen) atoms. The summed E-state index contributed by atoms with van der Waals surface area (Å²) in [7, 11) is 1.75. The molecule has 0 bridgehead atoms. The van der Waals surface area contributed by atoms with Gasteiger partial charge in [-0.1, -0.05) is 29.8 Å². The summed E-state index contributed by atoms with van der Waals surface area (Å²) in [4.78, 5) is 17.5. The number of alkyl halides is 1. The number of hydrogen-bond donors (Lipinski definition) is 1. The molecule has 1 aromatic rings. The first-order valence-corrected chi connectivity index (χ1v) is 6.10. The molecule has 1 aromatic heterocycles. The number of amides is 1. The van der Waals surface area contributed by atoms with Crippen LogP contribution >= 0.6 is 15.9 Å². The van der Waals surface area contributed by atoms with Gasteiger partial charge in [-0.25, -0.2) is 4.98 Å². The van der Waals surface area contributed by atoms with Crippen LogP contribution in [0, 0.1) is 12.8 Å². The van der Waals surface area contributed by atoms with Crippen LogP contribution in [0.25, 0.3) is 0 Å². The molecular weight excluding hydrogens is 272 g/mol. The molecule has 6 heteroatoms. The van der Waals surface area contributed by atoms with Crippen LogP contribution in [0.4, 0.5) is 0 Å². The van der Waals surface area contributed by atoms with Crippen LogP contribution in [0.5, 0.6) is 0 Å². The molecule has 1 heterocycles. The minimum absolute atomic E-state index is 0.0532. The molecule has 1 N–H and O–H groups in total. The Morgan fingerprint density at radius 2 is 2.19 bits per heavy atom. The number of rotatable bonds is 4. The van der Waals surface area contributed by atoms with Crippen molar-refractivity contribution in [2.45, 2.75) is 32.1 Å². The Kier molecular flexibility index (Phi) is 4.46. The maximum Gasteiger partial charge on any atom is 0.236 e. The van der Waals surface area contributed by atoms with Crippen LogP contribution in [0.15, 0.2) is 0 Å². The molecule has 0 aliphatic carbocycles. The maximum absolute atomic E-state index is 11.9. The lowest BCUT2D eigenvalue weighted by atomic mass is 10.1. The lowest BCUT2D eigenvalue weighted by Crippen LogP contribution is -2.35. The van der Waals surface area contributed by atoms with Gasteiger partial charge in [-0.2, -0.15) is 5.10 Å². The number of aromatic nitrogens is 3. The van der Waals surface area contributed by atoms with E-state index in [0.29, 0.717) is 12.4 Å². The number of hydrogen-bond acceptors (Lipinski definition) is 3. The molecule has 0 radical (unpaired) electrons. The molecule has 1 rings (SSSR count). The number of halogens is 1. The highest BCUT2D eigenvalue weighted by molar-refractivity contribution is 9.10. The Morgan fingerprint density at radius 3 is 2.62 bits per heavy atom. The molecule has 0 spiro atoms. The van der Waals surface area contributed by atoms with Gasteiger partial charge in [0.25, 0.3) is 0 Å². The van der Waals surface area contributed by atoms with E-state index in [4.69, 9.17) is 0 Å². The van der Waals surface area contributed by atoms with Crippen molar-refractivity contribution in [2.75, 3.05) is 7.05 Å². The number of aryl methyl sites for hydroxylation is 1. The van der Waals surface area contributed by atoms with Gasteiger partial charge in [0, 0.05) is 7.05 Å². The van der Waals surface area contributed by atoms with Crippen LogP contribution in [0.3, 0.4) is 0 Å². The Bertz CT molecular complexity index is 363. The Hall–Kier alpha value is -0.910. The zero-order chi connectivity index (χ0) is 12.3. The van der Waals surface area contributed by atoms with Crippen LogP contribution in [-0.4, -0.2) is 37.9 Å². The third-order valence-electron chi connectivity index (χ3n) is 2.22. The van der Waals surface area contributed by atoms with Gasteiger partial charge in [-0.15, -0.1) is 0 Å². The SMILES string of the molecule is Cc1nc(CN(C)C(=O)C(Br)C(C)C)n[nH]1. The molecule has 0 fully saturated rings. The molecule has 0 aliphatic heterocycles. The van der Waals surface area contributed by atoms with Crippen molar-refractivity contribution in [3.8, 4) is 0 Å². The zero-order valence-electron chi connectivity index (χ0n) is 9.99. The standard InChI is InChI=1S/C10H17BrN4O/c1-6(2)9(11)10(16)15(4)5-8-12-7(3)13-14-8/h6,9H,5H2,1-4H3,(H,12,13,14). The molecule has 0 aliphatic rings. The van der Waals surface area contributed by atoms with Gasteiger partial charge in [-0.3, -0.25) is 9.89 Å².